The van der Waals surface area contributed by atoms with Gasteiger partial charge in [0, 0.05) is 23.1 Å². The maximum absolute atomic E-state index is 14.3. The summed E-state index contributed by atoms with van der Waals surface area (Å²) in [5.74, 6) is -1.34. The van der Waals surface area contributed by atoms with Gasteiger partial charge in [-0.05, 0) is 37.1 Å². The number of halogens is 2. The number of benzene rings is 2. The molecule has 2 rings (SSSR count). The van der Waals surface area contributed by atoms with Crippen molar-refractivity contribution in [2.24, 2.45) is 5.92 Å². The summed E-state index contributed by atoms with van der Waals surface area (Å²) in [5.41, 5.74) is 0.519. The number of amides is 2. The molecule has 0 aliphatic rings. The zero-order chi connectivity index (χ0) is 24.8. The largest absolute Gasteiger partial charge is 0.354 e. The molecule has 0 bridgehead atoms. The summed E-state index contributed by atoms with van der Waals surface area (Å²) < 4.78 is 40.9. The van der Waals surface area contributed by atoms with Crippen LogP contribution in [0.4, 0.5) is 10.1 Å². The van der Waals surface area contributed by atoms with Gasteiger partial charge in [-0.25, -0.2) is 12.8 Å². The lowest BCUT2D eigenvalue weighted by Crippen LogP contribution is -2.51. The van der Waals surface area contributed by atoms with Gasteiger partial charge in [-0.15, -0.1) is 0 Å². The lowest BCUT2D eigenvalue weighted by atomic mass is 10.1. The number of carbonyl (C=O) groups excluding carboxylic acids is 2. The second kappa shape index (κ2) is 11.6. The summed E-state index contributed by atoms with van der Waals surface area (Å²) in [6.07, 6.45) is 1.00. The van der Waals surface area contributed by atoms with Crippen molar-refractivity contribution in [2.45, 2.75) is 33.4 Å². The highest BCUT2D eigenvalue weighted by Gasteiger charge is 2.30. The molecule has 0 heterocycles. The Kier molecular flexibility index (Phi) is 9.42. The number of hydrogen-bond donors (Lipinski definition) is 1. The van der Waals surface area contributed by atoms with Crippen molar-refractivity contribution in [3.8, 4) is 0 Å². The van der Waals surface area contributed by atoms with Gasteiger partial charge in [0.25, 0.3) is 0 Å². The van der Waals surface area contributed by atoms with Crippen LogP contribution in [0, 0.1) is 11.7 Å². The van der Waals surface area contributed by atoms with Gasteiger partial charge in [-0.2, -0.15) is 0 Å². The van der Waals surface area contributed by atoms with Crippen LogP contribution in [0.5, 0.6) is 0 Å². The first-order chi connectivity index (χ1) is 15.4. The Morgan fingerprint density at radius 3 is 2.33 bits per heavy atom. The molecular weight excluding hydrogens is 513 g/mol. The maximum Gasteiger partial charge on any atom is 0.244 e. The van der Waals surface area contributed by atoms with Gasteiger partial charge in [0.15, 0.2) is 0 Å². The molecule has 0 aromatic heterocycles. The highest BCUT2D eigenvalue weighted by molar-refractivity contribution is 9.10. The maximum atomic E-state index is 14.3. The molecule has 7 nitrogen and oxygen atoms in total. The Labute approximate surface area is 203 Å². The van der Waals surface area contributed by atoms with Crippen LogP contribution in [-0.2, 0) is 26.2 Å². The van der Waals surface area contributed by atoms with E-state index >= 15 is 0 Å². The first-order valence-corrected chi connectivity index (χ1v) is 13.1. The fourth-order valence-electron chi connectivity index (χ4n) is 3.09. The van der Waals surface area contributed by atoms with Gasteiger partial charge in [0.1, 0.15) is 18.4 Å². The molecule has 180 valence electrons. The molecule has 0 saturated carbocycles. The quantitative estimate of drug-likeness (QED) is 0.498. The Balaban J connectivity index is 2.38. The standard InChI is InChI=1S/C23H29BrFN3O4S/c1-16(2)13-26-23(30)17(3)27(14-18-8-5-6-11-21(18)25)22(29)15-28(33(4,31)32)20-10-7-9-19(24)12-20/h5-12,16-17H,13-15H2,1-4H3,(H,26,30)/t17-/m1/s1. The van der Waals surface area contributed by atoms with Gasteiger partial charge in [0.05, 0.1) is 11.9 Å². The van der Waals surface area contributed by atoms with E-state index < -0.39 is 40.2 Å². The third-order valence-electron chi connectivity index (χ3n) is 4.93. The molecule has 0 aliphatic heterocycles. The molecule has 2 aromatic carbocycles. The fourth-order valence-corrected chi connectivity index (χ4v) is 4.32. The molecule has 33 heavy (non-hydrogen) atoms. The predicted molar refractivity (Wildman–Crippen MR) is 131 cm³/mol. The Bertz CT molecular complexity index is 1090. The minimum Gasteiger partial charge on any atom is -0.354 e. The van der Waals surface area contributed by atoms with Gasteiger partial charge in [-0.3, -0.25) is 13.9 Å². The van der Waals surface area contributed by atoms with Gasteiger partial charge in [0.2, 0.25) is 21.8 Å². The summed E-state index contributed by atoms with van der Waals surface area (Å²) in [6.45, 7) is 5.12. The molecule has 2 amide bonds. The van der Waals surface area contributed by atoms with Crippen LogP contribution in [-0.4, -0.2) is 50.5 Å². The van der Waals surface area contributed by atoms with Crippen molar-refractivity contribution < 1.29 is 22.4 Å². The number of nitrogens with zero attached hydrogens (tertiary/aromatic N) is 2. The van der Waals surface area contributed by atoms with E-state index in [1.54, 1.807) is 30.3 Å². The van der Waals surface area contributed by atoms with E-state index in [9.17, 15) is 22.4 Å². The predicted octanol–water partition coefficient (Wildman–Crippen LogP) is 3.54. The normalized spacial score (nSPS) is 12.3. The number of nitrogens with one attached hydrogen (secondary N) is 1. The molecule has 0 saturated heterocycles. The molecule has 0 fully saturated rings. The number of hydrogen-bond acceptors (Lipinski definition) is 4. The molecule has 1 atom stereocenters. The lowest BCUT2D eigenvalue weighted by molar-refractivity contribution is -0.139. The zero-order valence-electron chi connectivity index (χ0n) is 19.1. The smallest absolute Gasteiger partial charge is 0.244 e. The van der Waals surface area contributed by atoms with Gasteiger partial charge < -0.3 is 10.2 Å². The van der Waals surface area contributed by atoms with E-state index in [4.69, 9.17) is 0 Å². The lowest BCUT2D eigenvalue weighted by Gasteiger charge is -2.31. The fraction of sp³-hybridized carbons (Fsp3) is 0.391. The van der Waals surface area contributed by atoms with Crippen LogP contribution in [0.3, 0.4) is 0 Å². The first kappa shape index (κ1) is 26.8. The van der Waals surface area contributed by atoms with E-state index in [0.29, 0.717) is 16.7 Å². The van der Waals surface area contributed by atoms with Crippen LogP contribution in [0.15, 0.2) is 53.0 Å². The van der Waals surface area contributed by atoms with E-state index in [1.807, 2.05) is 13.8 Å². The Hall–Kier alpha value is -2.46. The minimum atomic E-state index is -3.82. The van der Waals surface area contributed by atoms with Crippen LogP contribution < -0.4 is 9.62 Å². The summed E-state index contributed by atoms with van der Waals surface area (Å²) in [4.78, 5) is 27.3. The van der Waals surface area contributed by atoms with Crippen LogP contribution in [0.1, 0.15) is 26.3 Å². The average Bonchev–Trinajstić information content (AvgIpc) is 2.73. The van der Waals surface area contributed by atoms with Crippen molar-refractivity contribution in [3.63, 3.8) is 0 Å². The number of rotatable bonds is 10. The molecule has 2 aromatic rings. The van der Waals surface area contributed by atoms with E-state index in [2.05, 4.69) is 21.2 Å². The van der Waals surface area contributed by atoms with Crippen molar-refractivity contribution in [3.05, 3.63) is 64.4 Å². The Morgan fingerprint density at radius 2 is 1.76 bits per heavy atom. The summed E-state index contributed by atoms with van der Waals surface area (Å²) >= 11 is 3.30. The average molecular weight is 542 g/mol. The monoisotopic (exact) mass is 541 g/mol. The van der Waals surface area contributed by atoms with Gasteiger partial charge >= 0.3 is 0 Å². The van der Waals surface area contributed by atoms with Crippen LogP contribution >= 0.6 is 15.9 Å². The van der Waals surface area contributed by atoms with Gasteiger partial charge in [-0.1, -0.05) is 54.0 Å². The molecule has 1 N–H and O–H groups in total. The van der Waals surface area contributed by atoms with E-state index in [-0.39, 0.29) is 18.0 Å². The van der Waals surface area contributed by atoms with Crippen molar-refractivity contribution >= 4 is 43.5 Å². The molecule has 10 heteroatoms. The third-order valence-corrected chi connectivity index (χ3v) is 6.56. The van der Waals surface area contributed by atoms with Crippen molar-refractivity contribution in [1.82, 2.24) is 10.2 Å². The van der Waals surface area contributed by atoms with E-state index in [1.165, 1.54) is 30.0 Å². The van der Waals surface area contributed by atoms with Crippen LogP contribution in [0.25, 0.3) is 0 Å². The highest BCUT2D eigenvalue weighted by atomic mass is 79.9. The molecule has 0 radical (unpaired) electrons. The molecule has 0 spiro atoms. The number of sulfonamides is 1. The first-order valence-electron chi connectivity index (χ1n) is 10.4. The highest BCUT2D eigenvalue weighted by Crippen LogP contribution is 2.23. The second-order valence-electron chi connectivity index (χ2n) is 8.18. The number of anilines is 1. The van der Waals surface area contributed by atoms with Crippen LogP contribution in [0.2, 0.25) is 0 Å². The van der Waals surface area contributed by atoms with E-state index in [0.717, 1.165) is 10.6 Å². The SMILES string of the molecule is CC(C)CNC(=O)[C@@H](C)N(Cc1ccccc1F)C(=O)CN(c1cccc(Br)c1)S(C)(=O)=O. The molecular formula is C23H29BrFN3O4S. The molecule has 0 unspecified atom stereocenters. The summed E-state index contributed by atoms with van der Waals surface area (Å²) in [7, 11) is -3.82. The van der Waals surface area contributed by atoms with Crippen molar-refractivity contribution in [1.29, 1.82) is 0 Å². The second-order valence-corrected chi connectivity index (χ2v) is 11.0. The summed E-state index contributed by atoms with van der Waals surface area (Å²) in [5, 5.41) is 2.78. The third kappa shape index (κ3) is 7.82. The molecule has 0 aliphatic carbocycles. The Morgan fingerprint density at radius 1 is 1.09 bits per heavy atom. The number of carbonyl (C=O) groups is 2. The van der Waals surface area contributed by atoms with Crippen molar-refractivity contribution in [2.75, 3.05) is 23.7 Å². The summed E-state index contributed by atoms with van der Waals surface area (Å²) in [6, 6.07) is 11.5. The zero-order valence-corrected chi connectivity index (χ0v) is 21.5. The minimum absolute atomic E-state index is 0.183. The topological polar surface area (TPSA) is 86.8 Å².